The molecule has 5 nitrogen and oxygen atoms in total. The zero-order valence-corrected chi connectivity index (χ0v) is 8.37. The van der Waals surface area contributed by atoms with Gasteiger partial charge in [-0.1, -0.05) is 19.8 Å². The van der Waals surface area contributed by atoms with E-state index in [0.29, 0.717) is 12.7 Å². The molecule has 1 heterocycles. The monoisotopic (exact) mass is 198 g/mol. The van der Waals surface area contributed by atoms with Crippen molar-refractivity contribution in [3.63, 3.8) is 0 Å². The minimum atomic E-state index is -1.30. The van der Waals surface area contributed by atoms with Crippen LogP contribution in [0.25, 0.3) is 0 Å². The number of amides is 3. The van der Waals surface area contributed by atoms with E-state index < -0.39 is 17.5 Å². The molecule has 0 aromatic carbocycles. The average molecular weight is 198 g/mol. The molecular weight excluding hydrogens is 184 g/mol. The molecule has 78 valence electrons. The van der Waals surface area contributed by atoms with Crippen LogP contribution in [0.5, 0.6) is 0 Å². The second-order valence-corrected chi connectivity index (χ2v) is 3.49. The molecule has 1 aliphatic heterocycles. The number of nitrogens with zero attached hydrogens (tertiary/aromatic N) is 1. The second-order valence-electron chi connectivity index (χ2n) is 3.49. The number of likely N-dealkylation sites (N-methyl/N-ethyl adjacent to an activating group) is 1. The Morgan fingerprint density at radius 1 is 1.50 bits per heavy atom. The molecule has 0 radical (unpaired) electrons. The van der Waals surface area contributed by atoms with Crippen LogP contribution in [0.4, 0.5) is 4.79 Å². The van der Waals surface area contributed by atoms with Gasteiger partial charge in [0.1, 0.15) is 0 Å². The van der Waals surface area contributed by atoms with Crippen molar-refractivity contribution < 1.29 is 14.4 Å². The topological polar surface area (TPSA) is 66.5 Å². The van der Waals surface area contributed by atoms with Crippen molar-refractivity contribution in [3.8, 4) is 0 Å². The third-order valence-electron chi connectivity index (χ3n) is 2.45. The van der Waals surface area contributed by atoms with Gasteiger partial charge in [0.15, 0.2) is 11.8 Å². The Kier molecular flexibility index (Phi) is 2.88. The Labute approximate surface area is 82.4 Å². The Hall–Kier alpha value is -1.39. The largest absolute Gasteiger partial charge is 0.325 e. The predicted octanol–water partition coefficient (Wildman–Crippen LogP) is 0.296. The van der Waals surface area contributed by atoms with Gasteiger partial charge in [0.25, 0.3) is 5.91 Å². The second kappa shape index (κ2) is 3.77. The lowest BCUT2D eigenvalue weighted by atomic mass is 9.94. The molecule has 1 N–H and O–H groups in total. The van der Waals surface area contributed by atoms with Crippen LogP contribution in [0.3, 0.4) is 0 Å². The predicted molar refractivity (Wildman–Crippen MR) is 49.6 cm³/mol. The van der Waals surface area contributed by atoms with Crippen molar-refractivity contribution in [2.75, 3.05) is 7.05 Å². The molecule has 1 rings (SSSR count). The maximum absolute atomic E-state index is 11.6. The first-order valence-corrected chi connectivity index (χ1v) is 4.64. The molecule has 1 saturated heterocycles. The van der Waals surface area contributed by atoms with Crippen LogP contribution in [0.15, 0.2) is 0 Å². The summed E-state index contributed by atoms with van der Waals surface area (Å²) in [4.78, 5) is 34.6. The fourth-order valence-corrected chi connectivity index (χ4v) is 1.48. The van der Waals surface area contributed by atoms with Gasteiger partial charge >= 0.3 is 6.03 Å². The number of carbonyl (C=O) groups excluding carboxylic acids is 3. The van der Waals surface area contributed by atoms with Gasteiger partial charge < -0.3 is 10.1 Å². The van der Waals surface area contributed by atoms with Crippen molar-refractivity contribution in [2.45, 2.75) is 31.7 Å². The number of urea groups is 1. The van der Waals surface area contributed by atoms with Crippen LogP contribution in [-0.2, 0) is 9.59 Å². The third-order valence-corrected chi connectivity index (χ3v) is 2.45. The first-order valence-electron chi connectivity index (χ1n) is 4.64. The SMILES string of the molecule is CCCC[C@@]1(C=O)NC(=O)N(C)C1=O. The highest BCUT2D eigenvalue weighted by Crippen LogP contribution is 2.20. The molecule has 0 bridgehead atoms. The van der Waals surface area contributed by atoms with Gasteiger partial charge in [-0.3, -0.25) is 9.69 Å². The molecule has 5 heteroatoms. The number of unbranched alkanes of at least 4 members (excludes halogenated alkanes) is 1. The lowest BCUT2D eigenvalue weighted by Crippen LogP contribution is -2.48. The molecule has 0 saturated carbocycles. The van der Waals surface area contributed by atoms with Crippen LogP contribution in [0.2, 0.25) is 0 Å². The fraction of sp³-hybridized carbons (Fsp3) is 0.667. The van der Waals surface area contributed by atoms with E-state index in [4.69, 9.17) is 0 Å². The average Bonchev–Trinajstić information content (AvgIpc) is 2.41. The molecule has 1 aliphatic rings. The molecular formula is C9H14N2O3. The summed E-state index contributed by atoms with van der Waals surface area (Å²) in [7, 11) is 1.37. The van der Waals surface area contributed by atoms with Gasteiger partial charge in [0, 0.05) is 7.05 Å². The van der Waals surface area contributed by atoms with Gasteiger partial charge in [-0.05, 0) is 6.42 Å². The van der Waals surface area contributed by atoms with Crippen molar-refractivity contribution in [3.05, 3.63) is 0 Å². The number of imide groups is 1. The highest BCUT2D eigenvalue weighted by molar-refractivity contribution is 6.15. The molecule has 14 heavy (non-hydrogen) atoms. The number of aldehydes is 1. The Balaban J connectivity index is 2.85. The van der Waals surface area contributed by atoms with Crippen LogP contribution in [0.1, 0.15) is 26.2 Å². The smallest absolute Gasteiger partial charge is 0.317 e. The molecule has 0 spiro atoms. The molecule has 0 aliphatic carbocycles. The molecule has 1 atom stereocenters. The lowest BCUT2D eigenvalue weighted by molar-refractivity contribution is -0.134. The molecule has 0 aromatic heterocycles. The standard InChI is InChI=1S/C9H14N2O3/c1-3-4-5-9(6-12)7(13)11(2)8(14)10-9/h6H,3-5H2,1-2H3,(H,10,14)/t9-/m0/s1. The summed E-state index contributed by atoms with van der Waals surface area (Å²) >= 11 is 0. The maximum Gasteiger partial charge on any atom is 0.325 e. The Bertz CT molecular complexity index is 277. The summed E-state index contributed by atoms with van der Waals surface area (Å²) in [5.41, 5.74) is -1.30. The molecule has 0 aromatic rings. The summed E-state index contributed by atoms with van der Waals surface area (Å²) in [6, 6.07) is -0.502. The summed E-state index contributed by atoms with van der Waals surface area (Å²) in [5.74, 6) is -0.453. The van der Waals surface area contributed by atoms with Crippen LogP contribution < -0.4 is 5.32 Å². The number of nitrogens with one attached hydrogen (secondary N) is 1. The van der Waals surface area contributed by atoms with Crippen molar-refractivity contribution in [1.82, 2.24) is 10.2 Å². The highest BCUT2D eigenvalue weighted by atomic mass is 16.2. The molecule has 0 unspecified atom stereocenters. The van der Waals surface area contributed by atoms with Crippen LogP contribution >= 0.6 is 0 Å². The minimum absolute atomic E-state index is 0.377. The van der Waals surface area contributed by atoms with Crippen molar-refractivity contribution in [1.29, 1.82) is 0 Å². The highest BCUT2D eigenvalue weighted by Gasteiger charge is 2.49. The van der Waals surface area contributed by atoms with E-state index in [1.165, 1.54) is 7.05 Å². The van der Waals surface area contributed by atoms with E-state index >= 15 is 0 Å². The van der Waals surface area contributed by atoms with Gasteiger partial charge in [-0.2, -0.15) is 0 Å². The summed E-state index contributed by atoms with van der Waals surface area (Å²) < 4.78 is 0. The van der Waals surface area contributed by atoms with E-state index in [2.05, 4.69) is 5.32 Å². The van der Waals surface area contributed by atoms with E-state index in [1.807, 2.05) is 6.92 Å². The van der Waals surface area contributed by atoms with Crippen molar-refractivity contribution in [2.24, 2.45) is 0 Å². The fourth-order valence-electron chi connectivity index (χ4n) is 1.48. The van der Waals surface area contributed by atoms with E-state index in [9.17, 15) is 14.4 Å². The quantitative estimate of drug-likeness (QED) is 0.401. The van der Waals surface area contributed by atoms with Gasteiger partial charge in [0.2, 0.25) is 0 Å². The Morgan fingerprint density at radius 3 is 2.50 bits per heavy atom. The number of hydrogen-bond acceptors (Lipinski definition) is 3. The Morgan fingerprint density at radius 2 is 2.14 bits per heavy atom. The summed E-state index contributed by atoms with van der Waals surface area (Å²) in [6.45, 7) is 1.96. The first kappa shape index (κ1) is 10.7. The number of rotatable bonds is 4. The van der Waals surface area contributed by atoms with E-state index in [1.54, 1.807) is 0 Å². The summed E-state index contributed by atoms with van der Waals surface area (Å²) in [5, 5.41) is 2.42. The van der Waals surface area contributed by atoms with Crippen LogP contribution in [0, 0.1) is 0 Å². The third kappa shape index (κ3) is 1.49. The van der Waals surface area contributed by atoms with E-state index in [-0.39, 0.29) is 0 Å². The van der Waals surface area contributed by atoms with Gasteiger partial charge in [-0.15, -0.1) is 0 Å². The van der Waals surface area contributed by atoms with Crippen molar-refractivity contribution >= 4 is 18.2 Å². The summed E-state index contributed by atoms with van der Waals surface area (Å²) in [6.07, 6.45) is 2.52. The zero-order valence-electron chi connectivity index (χ0n) is 8.37. The molecule has 1 fully saturated rings. The molecule has 3 amide bonds. The van der Waals surface area contributed by atoms with Gasteiger partial charge in [-0.25, -0.2) is 4.79 Å². The number of carbonyl (C=O) groups is 3. The zero-order chi connectivity index (χ0) is 10.8. The van der Waals surface area contributed by atoms with E-state index in [0.717, 1.165) is 17.7 Å². The van der Waals surface area contributed by atoms with Gasteiger partial charge in [0.05, 0.1) is 0 Å². The minimum Gasteiger partial charge on any atom is -0.317 e. The normalized spacial score (nSPS) is 26.6. The maximum atomic E-state index is 11.6. The number of hydrogen-bond donors (Lipinski definition) is 1. The van der Waals surface area contributed by atoms with Crippen LogP contribution in [-0.4, -0.2) is 35.7 Å². The lowest BCUT2D eigenvalue weighted by Gasteiger charge is -2.18. The first-order chi connectivity index (χ1) is 6.57.